The molecule has 4 rings (SSSR count). The molecule has 9 heteroatoms. The molecule has 1 amide bonds. The van der Waals surface area contributed by atoms with Crippen LogP contribution in [0.15, 0.2) is 60.1 Å². The summed E-state index contributed by atoms with van der Waals surface area (Å²) in [6.07, 6.45) is 5.97. The van der Waals surface area contributed by atoms with Crippen LogP contribution in [-0.4, -0.2) is 41.5 Å². The van der Waals surface area contributed by atoms with Crippen molar-refractivity contribution in [3.05, 3.63) is 65.6 Å². The Balaban J connectivity index is 1.65. The van der Waals surface area contributed by atoms with E-state index in [1.807, 2.05) is 37.3 Å². The summed E-state index contributed by atoms with van der Waals surface area (Å²) in [4.78, 5) is 17.9. The average molecular weight is 492 g/mol. The van der Waals surface area contributed by atoms with Crippen molar-refractivity contribution in [3.8, 4) is 17.2 Å². The summed E-state index contributed by atoms with van der Waals surface area (Å²) in [6, 6.07) is 12.5. The fourth-order valence-corrected chi connectivity index (χ4v) is 4.32. The van der Waals surface area contributed by atoms with Crippen molar-refractivity contribution in [1.29, 1.82) is 0 Å². The molecule has 2 heterocycles. The topological polar surface area (TPSA) is 99.5 Å². The lowest BCUT2D eigenvalue weighted by Gasteiger charge is -2.29. The summed E-state index contributed by atoms with van der Waals surface area (Å²) in [7, 11) is 3.19. The van der Waals surface area contributed by atoms with Gasteiger partial charge in [0.25, 0.3) is 5.91 Å². The highest BCUT2D eigenvalue weighted by Gasteiger charge is 2.34. The molecule has 1 aromatic heterocycles. The number of amides is 1. The zero-order chi connectivity index (χ0) is 25.5. The Labute approximate surface area is 211 Å². The second-order valence-electron chi connectivity index (χ2n) is 8.57. The average Bonchev–Trinajstić information content (AvgIpc) is 3.36. The number of benzene rings is 2. The van der Waals surface area contributed by atoms with Crippen LogP contribution >= 0.6 is 0 Å². The SMILES string of the molecule is CCCCCCOc1ccc(C2C(C(=O)Nc3ccccc3OC)=C(C)Nc3ncnn32)cc1OC. The highest BCUT2D eigenvalue weighted by atomic mass is 16.5. The smallest absolute Gasteiger partial charge is 0.255 e. The Morgan fingerprint density at radius 3 is 2.64 bits per heavy atom. The van der Waals surface area contributed by atoms with Gasteiger partial charge in [-0.3, -0.25) is 4.79 Å². The molecule has 0 fully saturated rings. The van der Waals surface area contributed by atoms with E-state index in [9.17, 15) is 4.79 Å². The molecule has 2 aromatic carbocycles. The van der Waals surface area contributed by atoms with E-state index in [2.05, 4.69) is 27.6 Å². The number of carbonyl (C=O) groups is 1. The molecule has 36 heavy (non-hydrogen) atoms. The number of nitrogens with one attached hydrogen (secondary N) is 2. The molecule has 1 atom stereocenters. The third kappa shape index (κ3) is 5.30. The Morgan fingerprint density at radius 2 is 1.86 bits per heavy atom. The van der Waals surface area contributed by atoms with E-state index < -0.39 is 6.04 Å². The molecule has 9 nitrogen and oxygen atoms in total. The number of hydrogen-bond donors (Lipinski definition) is 2. The summed E-state index contributed by atoms with van der Waals surface area (Å²) >= 11 is 0. The minimum absolute atomic E-state index is 0.272. The summed E-state index contributed by atoms with van der Waals surface area (Å²) in [6.45, 7) is 4.67. The first kappa shape index (κ1) is 25.1. The second-order valence-corrected chi connectivity index (χ2v) is 8.57. The third-order valence-corrected chi connectivity index (χ3v) is 6.15. The number of para-hydroxylation sites is 2. The highest BCUT2D eigenvalue weighted by molar-refractivity contribution is 6.06. The van der Waals surface area contributed by atoms with E-state index in [1.165, 1.54) is 19.2 Å². The molecule has 0 aliphatic carbocycles. The molecule has 1 unspecified atom stereocenters. The number of rotatable bonds is 11. The Morgan fingerprint density at radius 1 is 1.06 bits per heavy atom. The molecule has 0 spiro atoms. The zero-order valence-electron chi connectivity index (χ0n) is 21.2. The molecular formula is C27H33N5O4. The van der Waals surface area contributed by atoms with Gasteiger partial charge in [-0.25, -0.2) is 4.68 Å². The number of aromatic nitrogens is 3. The quantitative estimate of drug-likeness (QED) is 0.357. The van der Waals surface area contributed by atoms with E-state index in [1.54, 1.807) is 31.0 Å². The molecule has 0 bridgehead atoms. The molecule has 0 radical (unpaired) electrons. The van der Waals surface area contributed by atoms with Gasteiger partial charge in [0.1, 0.15) is 18.1 Å². The van der Waals surface area contributed by atoms with Crippen molar-refractivity contribution in [2.75, 3.05) is 31.5 Å². The number of methoxy groups -OCH3 is 2. The van der Waals surface area contributed by atoms with Gasteiger partial charge in [0.2, 0.25) is 5.95 Å². The molecule has 2 N–H and O–H groups in total. The predicted molar refractivity (Wildman–Crippen MR) is 139 cm³/mol. The van der Waals surface area contributed by atoms with Crippen molar-refractivity contribution in [1.82, 2.24) is 14.8 Å². The third-order valence-electron chi connectivity index (χ3n) is 6.15. The van der Waals surface area contributed by atoms with Crippen LogP contribution in [0.4, 0.5) is 11.6 Å². The van der Waals surface area contributed by atoms with E-state index in [4.69, 9.17) is 14.2 Å². The minimum Gasteiger partial charge on any atom is -0.495 e. The summed E-state index contributed by atoms with van der Waals surface area (Å²) < 4.78 is 18.8. The minimum atomic E-state index is -0.522. The van der Waals surface area contributed by atoms with Gasteiger partial charge in [-0.2, -0.15) is 10.1 Å². The Kier molecular flexibility index (Phi) is 8.10. The number of anilines is 2. The van der Waals surface area contributed by atoms with Crippen molar-refractivity contribution < 1.29 is 19.0 Å². The van der Waals surface area contributed by atoms with Crippen molar-refractivity contribution in [2.24, 2.45) is 0 Å². The normalized spacial score (nSPS) is 14.6. The van der Waals surface area contributed by atoms with Gasteiger partial charge in [-0.15, -0.1) is 0 Å². The first-order chi connectivity index (χ1) is 17.6. The first-order valence-corrected chi connectivity index (χ1v) is 12.2. The summed E-state index contributed by atoms with van der Waals surface area (Å²) in [5.41, 5.74) is 2.60. The lowest BCUT2D eigenvalue weighted by molar-refractivity contribution is -0.113. The van der Waals surface area contributed by atoms with E-state index in [-0.39, 0.29) is 5.91 Å². The molecule has 0 saturated heterocycles. The number of fused-ring (bicyclic) bond motifs is 1. The predicted octanol–water partition coefficient (Wildman–Crippen LogP) is 5.18. The number of hydrogen-bond acceptors (Lipinski definition) is 7. The van der Waals surface area contributed by atoms with Crippen LogP contribution in [0.3, 0.4) is 0 Å². The molecule has 1 aliphatic rings. The summed E-state index contributed by atoms with van der Waals surface area (Å²) in [5, 5.41) is 10.6. The number of ether oxygens (including phenoxy) is 3. The number of unbranched alkanes of at least 4 members (excludes halogenated alkanes) is 3. The van der Waals surface area contributed by atoms with Crippen molar-refractivity contribution in [3.63, 3.8) is 0 Å². The first-order valence-electron chi connectivity index (χ1n) is 12.2. The lowest BCUT2D eigenvalue weighted by Crippen LogP contribution is -2.31. The van der Waals surface area contributed by atoms with E-state index >= 15 is 0 Å². The van der Waals surface area contributed by atoms with Gasteiger partial charge in [0.15, 0.2) is 11.5 Å². The molecule has 0 saturated carbocycles. The molecule has 1 aliphatic heterocycles. The van der Waals surface area contributed by atoms with Gasteiger partial charge in [-0.1, -0.05) is 44.4 Å². The van der Waals surface area contributed by atoms with Crippen molar-refractivity contribution >= 4 is 17.5 Å². The van der Waals surface area contributed by atoms with Crippen LogP contribution in [0.25, 0.3) is 0 Å². The number of carbonyl (C=O) groups excluding carboxylic acids is 1. The monoisotopic (exact) mass is 491 g/mol. The maximum Gasteiger partial charge on any atom is 0.255 e. The Hall–Kier alpha value is -4.01. The van der Waals surface area contributed by atoms with Gasteiger partial charge in [0.05, 0.1) is 32.1 Å². The van der Waals surface area contributed by atoms with Crippen LogP contribution in [0.2, 0.25) is 0 Å². The van der Waals surface area contributed by atoms with Crippen LogP contribution < -0.4 is 24.8 Å². The fraction of sp³-hybridized carbons (Fsp3) is 0.370. The maximum atomic E-state index is 13.6. The van der Waals surface area contributed by atoms with Crippen LogP contribution in [-0.2, 0) is 4.79 Å². The standard InChI is InChI=1S/C27H33N5O4/c1-5-6-7-10-15-36-22-14-13-19(16-23(22)35-4)25-24(18(2)30-27-28-17-29-32(25)27)26(33)31-20-11-8-9-12-21(20)34-3/h8-9,11-14,16-17,25H,5-7,10,15H2,1-4H3,(H,31,33)(H,28,29,30). The molecule has 190 valence electrons. The fourth-order valence-electron chi connectivity index (χ4n) is 4.32. The number of nitrogens with zero attached hydrogens (tertiary/aromatic N) is 3. The van der Waals surface area contributed by atoms with Gasteiger partial charge in [0, 0.05) is 5.70 Å². The van der Waals surface area contributed by atoms with E-state index in [0.29, 0.717) is 46.8 Å². The van der Waals surface area contributed by atoms with Gasteiger partial charge in [-0.05, 0) is 43.2 Å². The zero-order valence-corrected chi connectivity index (χ0v) is 21.2. The maximum absolute atomic E-state index is 13.6. The Bertz CT molecular complexity index is 1240. The van der Waals surface area contributed by atoms with Crippen molar-refractivity contribution in [2.45, 2.75) is 45.6 Å². The highest BCUT2D eigenvalue weighted by Crippen LogP contribution is 2.39. The van der Waals surface area contributed by atoms with Crippen LogP contribution in [0, 0.1) is 0 Å². The van der Waals surface area contributed by atoms with E-state index in [0.717, 1.165) is 18.4 Å². The summed E-state index contributed by atoms with van der Waals surface area (Å²) in [5.74, 6) is 2.14. The molecule has 3 aromatic rings. The van der Waals surface area contributed by atoms with Crippen LogP contribution in [0.1, 0.15) is 51.1 Å². The largest absolute Gasteiger partial charge is 0.495 e. The lowest BCUT2D eigenvalue weighted by atomic mass is 9.94. The molecular weight excluding hydrogens is 458 g/mol. The van der Waals surface area contributed by atoms with Gasteiger partial charge >= 0.3 is 0 Å². The van der Waals surface area contributed by atoms with Crippen LogP contribution in [0.5, 0.6) is 17.2 Å². The number of allylic oxidation sites excluding steroid dienone is 1. The van der Waals surface area contributed by atoms with Gasteiger partial charge < -0.3 is 24.8 Å². The second kappa shape index (κ2) is 11.6.